The summed E-state index contributed by atoms with van der Waals surface area (Å²) in [5.74, 6) is -2.79. The minimum absolute atomic E-state index is 0.484. The summed E-state index contributed by atoms with van der Waals surface area (Å²) in [6, 6.07) is -1.37. The Morgan fingerprint density at radius 1 is 1.00 bits per heavy atom. The molecule has 18 heavy (non-hydrogen) atoms. The topological polar surface area (TPSA) is 98.1 Å². The van der Waals surface area contributed by atoms with Gasteiger partial charge in [0.15, 0.2) is 6.10 Å². The zero-order valence-electron chi connectivity index (χ0n) is 11.0. The van der Waals surface area contributed by atoms with Gasteiger partial charge in [0.1, 0.15) is 6.04 Å². The summed E-state index contributed by atoms with van der Waals surface area (Å²) < 4.78 is 0. The number of nitrogens with zero attached hydrogens (tertiary/aromatic N) is 1. The van der Waals surface area contributed by atoms with E-state index in [-0.39, 0.29) is 0 Å². The molecule has 0 saturated carbocycles. The molecule has 2 unspecified atom stereocenters. The largest absolute Gasteiger partial charge is 0.480 e. The van der Waals surface area contributed by atoms with Crippen molar-refractivity contribution in [1.29, 1.82) is 0 Å². The molecule has 0 aliphatic carbocycles. The van der Waals surface area contributed by atoms with Crippen molar-refractivity contribution in [1.82, 2.24) is 4.90 Å². The van der Waals surface area contributed by atoms with Crippen LogP contribution in [0, 0.1) is 0 Å². The molecule has 6 nitrogen and oxygen atoms in total. The van der Waals surface area contributed by atoms with Gasteiger partial charge in [0.2, 0.25) is 0 Å². The minimum Gasteiger partial charge on any atom is -0.480 e. The van der Waals surface area contributed by atoms with Crippen LogP contribution in [0.2, 0.25) is 0 Å². The van der Waals surface area contributed by atoms with Gasteiger partial charge >= 0.3 is 11.9 Å². The lowest BCUT2D eigenvalue weighted by Crippen LogP contribution is -2.52. The highest BCUT2D eigenvalue weighted by atomic mass is 16.4. The van der Waals surface area contributed by atoms with Gasteiger partial charge in [0.05, 0.1) is 0 Å². The number of rotatable bonds is 10. The normalized spacial score (nSPS) is 14.4. The first kappa shape index (κ1) is 16.9. The molecule has 0 radical (unpaired) electrons. The second-order valence-corrected chi connectivity index (χ2v) is 4.31. The summed E-state index contributed by atoms with van der Waals surface area (Å²) in [4.78, 5) is 23.5. The van der Waals surface area contributed by atoms with Gasteiger partial charge in [0, 0.05) is 0 Å². The Morgan fingerprint density at radius 2 is 1.44 bits per heavy atom. The molecule has 0 aromatic heterocycles. The average molecular weight is 261 g/mol. The molecule has 0 bridgehead atoms. The van der Waals surface area contributed by atoms with Gasteiger partial charge in [-0.1, -0.05) is 26.7 Å². The lowest BCUT2D eigenvalue weighted by atomic mass is 10.1. The molecule has 0 amide bonds. The van der Waals surface area contributed by atoms with Gasteiger partial charge in [0.25, 0.3) is 0 Å². The lowest BCUT2D eigenvalue weighted by molar-refractivity contribution is -0.161. The van der Waals surface area contributed by atoms with Gasteiger partial charge < -0.3 is 15.3 Å². The van der Waals surface area contributed by atoms with E-state index in [0.29, 0.717) is 13.1 Å². The molecule has 3 N–H and O–H groups in total. The van der Waals surface area contributed by atoms with Gasteiger partial charge in [-0.25, -0.2) is 4.79 Å². The van der Waals surface area contributed by atoms with Crippen molar-refractivity contribution >= 4 is 11.9 Å². The van der Waals surface area contributed by atoms with Crippen LogP contribution in [0.5, 0.6) is 0 Å². The fourth-order valence-corrected chi connectivity index (χ4v) is 1.74. The van der Waals surface area contributed by atoms with E-state index in [1.165, 1.54) is 0 Å². The molecule has 0 rings (SSSR count). The standard InChI is InChI=1S/C12H23NO5/c1-3-5-7-13(8-6-4-2)9(11(15)16)10(14)12(17)18/h9-10,14H,3-8H2,1-2H3,(H,15,16)(H,17,18). The van der Waals surface area contributed by atoms with Gasteiger partial charge in [-0.3, -0.25) is 9.69 Å². The third-order valence-corrected chi connectivity index (χ3v) is 2.80. The number of aliphatic hydroxyl groups is 1. The molecule has 0 heterocycles. The second-order valence-electron chi connectivity index (χ2n) is 4.31. The number of aliphatic carboxylic acids is 2. The number of hydrogen-bond donors (Lipinski definition) is 3. The number of hydrogen-bond acceptors (Lipinski definition) is 4. The van der Waals surface area contributed by atoms with Crippen LogP contribution >= 0.6 is 0 Å². The predicted octanol–water partition coefficient (Wildman–Crippen LogP) is 0.787. The fraction of sp³-hybridized carbons (Fsp3) is 0.833. The second kappa shape index (κ2) is 8.88. The Hall–Kier alpha value is -1.14. The summed E-state index contributed by atoms with van der Waals surface area (Å²) in [5, 5.41) is 27.4. The Labute approximate surface area is 107 Å². The van der Waals surface area contributed by atoms with Gasteiger partial charge in [-0.05, 0) is 25.9 Å². The maximum Gasteiger partial charge on any atom is 0.334 e. The van der Waals surface area contributed by atoms with Crippen molar-refractivity contribution in [3.8, 4) is 0 Å². The highest BCUT2D eigenvalue weighted by Gasteiger charge is 2.36. The molecule has 0 fully saturated rings. The monoisotopic (exact) mass is 261 g/mol. The van der Waals surface area contributed by atoms with E-state index in [0.717, 1.165) is 25.7 Å². The zero-order valence-corrected chi connectivity index (χ0v) is 11.0. The van der Waals surface area contributed by atoms with E-state index in [9.17, 15) is 14.7 Å². The first-order valence-electron chi connectivity index (χ1n) is 6.33. The molecule has 0 aliphatic heterocycles. The number of aliphatic hydroxyl groups excluding tert-OH is 1. The molecule has 6 heteroatoms. The number of carboxylic acid groups (broad SMARTS) is 2. The van der Waals surface area contributed by atoms with Crippen LogP contribution in [0.1, 0.15) is 39.5 Å². The van der Waals surface area contributed by atoms with E-state index in [1.54, 1.807) is 4.90 Å². The molecule has 0 aromatic carbocycles. The highest BCUT2D eigenvalue weighted by molar-refractivity contribution is 5.84. The molecule has 106 valence electrons. The van der Waals surface area contributed by atoms with Gasteiger partial charge in [-0.15, -0.1) is 0 Å². The third kappa shape index (κ3) is 5.46. The number of carbonyl (C=O) groups is 2. The molecule has 0 aromatic rings. The van der Waals surface area contributed by atoms with E-state index in [1.807, 2.05) is 13.8 Å². The third-order valence-electron chi connectivity index (χ3n) is 2.80. The van der Waals surface area contributed by atoms with E-state index >= 15 is 0 Å². The minimum atomic E-state index is -1.89. The summed E-state index contributed by atoms with van der Waals surface area (Å²) in [7, 11) is 0. The zero-order chi connectivity index (χ0) is 14.1. The summed E-state index contributed by atoms with van der Waals surface area (Å²) in [5.41, 5.74) is 0. The van der Waals surface area contributed by atoms with Crippen LogP contribution < -0.4 is 0 Å². The molecule has 0 saturated heterocycles. The average Bonchev–Trinajstić information content (AvgIpc) is 2.31. The van der Waals surface area contributed by atoms with Crippen LogP contribution in [0.4, 0.5) is 0 Å². The SMILES string of the molecule is CCCCN(CCCC)C(C(=O)O)C(O)C(=O)O. The van der Waals surface area contributed by atoms with Crippen LogP contribution in [0.15, 0.2) is 0 Å². The molecular formula is C12H23NO5. The first-order valence-corrected chi connectivity index (χ1v) is 6.33. The molecule has 2 atom stereocenters. The van der Waals surface area contributed by atoms with Gasteiger partial charge in [-0.2, -0.15) is 0 Å². The van der Waals surface area contributed by atoms with Crippen molar-refractivity contribution in [3.63, 3.8) is 0 Å². The van der Waals surface area contributed by atoms with Crippen molar-refractivity contribution in [2.24, 2.45) is 0 Å². The van der Waals surface area contributed by atoms with Crippen molar-refractivity contribution in [2.45, 2.75) is 51.7 Å². The quantitative estimate of drug-likeness (QED) is 0.538. The maximum absolute atomic E-state index is 11.1. The van der Waals surface area contributed by atoms with Crippen molar-refractivity contribution in [3.05, 3.63) is 0 Å². The summed E-state index contributed by atoms with van der Waals surface area (Å²) in [6.45, 7) is 4.92. The number of unbranched alkanes of at least 4 members (excludes halogenated alkanes) is 2. The van der Waals surface area contributed by atoms with Crippen LogP contribution in [-0.4, -0.2) is 57.4 Å². The molecule has 0 spiro atoms. The van der Waals surface area contributed by atoms with Crippen LogP contribution in [-0.2, 0) is 9.59 Å². The summed E-state index contributed by atoms with van der Waals surface area (Å²) >= 11 is 0. The smallest absolute Gasteiger partial charge is 0.334 e. The maximum atomic E-state index is 11.1. The van der Waals surface area contributed by atoms with Crippen molar-refractivity contribution in [2.75, 3.05) is 13.1 Å². The van der Waals surface area contributed by atoms with E-state index in [2.05, 4.69) is 0 Å². The molecule has 0 aliphatic rings. The Kier molecular flexibility index (Phi) is 8.32. The highest BCUT2D eigenvalue weighted by Crippen LogP contribution is 2.10. The van der Waals surface area contributed by atoms with Crippen LogP contribution in [0.3, 0.4) is 0 Å². The Morgan fingerprint density at radius 3 is 1.72 bits per heavy atom. The fourth-order valence-electron chi connectivity index (χ4n) is 1.74. The summed E-state index contributed by atoms with van der Waals surface area (Å²) in [6.07, 6.45) is 1.44. The number of carboxylic acids is 2. The van der Waals surface area contributed by atoms with E-state index < -0.39 is 24.1 Å². The lowest BCUT2D eigenvalue weighted by Gasteiger charge is -2.30. The first-order chi connectivity index (χ1) is 8.45. The van der Waals surface area contributed by atoms with E-state index in [4.69, 9.17) is 10.2 Å². The molecular weight excluding hydrogens is 238 g/mol. The van der Waals surface area contributed by atoms with Crippen LogP contribution in [0.25, 0.3) is 0 Å². The Balaban J connectivity index is 4.83. The van der Waals surface area contributed by atoms with Crippen molar-refractivity contribution < 1.29 is 24.9 Å². The Bertz CT molecular complexity index is 261. The predicted molar refractivity (Wildman–Crippen MR) is 66.5 cm³/mol.